The van der Waals surface area contributed by atoms with Crippen molar-refractivity contribution in [2.24, 2.45) is 17.8 Å². The Morgan fingerprint density at radius 2 is 1.80 bits per heavy atom. The van der Waals surface area contributed by atoms with Gasteiger partial charge < -0.3 is 10.6 Å². The molecule has 0 aliphatic heterocycles. The third-order valence-corrected chi connectivity index (χ3v) is 3.49. The molecule has 2 saturated carbocycles. The third kappa shape index (κ3) is 3.40. The lowest BCUT2D eigenvalue weighted by molar-refractivity contribution is 0.237. The maximum atomic E-state index is 11.4. The third-order valence-electron chi connectivity index (χ3n) is 3.49. The van der Waals surface area contributed by atoms with Gasteiger partial charge in [0, 0.05) is 13.1 Å². The van der Waals surface area contributed by atoms with E-state index in [0.717, 1.165) is 37.3 Å². The number of carbonyl (C=O) groups is 1. The fourth-order valence-electron chi connectivity index (χ4n) is 2.28. The van der Waals surface area contributed by atoms with Crippen LogP contribution in [0.2, 0.25) is 0 Å². The molecular formula is C12H22N2O. The molecule has 0 bridgehead atoms. The van der Waals surface area contributed by atoms with Crippen molar-refractivity contribution in [1.82, 2.24) is 10.6 Å². The quantitative estimate of drug-likeness (QED) is 0.693. The van der Waals surface area contributed by atoms with Crippen LogP contribution in [-0.2, 0) is 0 Å². The maximum absolute atomic E-state index is 11.4. The van der Waals surface area contributed by atoms with Gasteiger partial charge in [0.15, 0.2) is 0 Å². The summed E-state index contributed by atoms with van der Waals surface area (Å²) >= 11 is 0. The molecule has 0 unspecified atom stereocenters. The molecule has 3 nitrogen and oxygen atoms in total. The highest BCUT2D eigenvalue weighted by atomic mass is 16.2. The first kappa shape index (κ1) is 10.8. The van der Waals surface area contributed by atoms with Crippen LogP contribution in [0, 0.1) is 17.8 Å². The summed E-state index contributed by atoms with van der Waals surface area (Å²) in [6, 6.07) is 0.0168. The van der Waals surface area contributed by atoms with E-state index in [4.69, 9.17) is 0 Å². The van der Waals surface area contributed by atoms with Crippen molar-refractivity contribution in [2.45, 2.75) is 39.0 Å². The highest BCUT2D eigenvalue weighted by molar-refractivity contribution is 5.73. The lowest BCUT2D eigenvalue weighted by atomic mass is 9.98. The highest BCUT2D eigenvalue weighted by Gasteiger charge is 2.41. The molecule has 0 spiro atoms. The highest BCUT2D eigenvalue weighted by Crippen LogP contribution is 2.48. The second-order valence-corrected chi connectivity index (χ2v) is 4.98. The van der Waals surface area contributed by atoms with Gasteiger partial charge >= 0.3 is 6.03 Å². The number of urea groups is 1. The minimum atomic E-state index is 0.0168. The zero-order chi connectivity index (χ0) is 10.7. The Kier molecular flexibility index (Phi) is 3.49. The standard InChI is InChI=1S/C12H22N2O/c1-2-7-13-12(15)14-8-11(9-3-4-9)10-5-6-10/h9-11H,2-8H2,1H3,(H2,13,14,15). The van der Waals surface area contributed by atoms with Crippen molar-refractivity contribution >= 4 is 6.03 Å². The molecule has 2 aliphatic rings. The smallest absolute Gasteiger partial charge is 0.314 e. The number of carbonyl (C=O) groups excluding carboxylic acids is 1. The van der Waals surface area contributed by atoms with Gasteiger partial charge in [-0.1, -0.05) is 6.92 Å². The Morgan fingerprint density at radius 3 is 2.27 bits per heavy atom. The SMILES string of the molecule is CCCNC(=O)NCC(C1CC1)C1CC1. The summed E-state index contributed by atoms with van der Waals surface area (Å²) in [5.41, 5.74) is 0. The first-order chi connectivity index (χ1) is 7.31. The van der Waals surface area contributed by atoms with E-state index in [9.17, 15) is 4.79 Å². The molecule has 0 saturated heterocycles. The molecular weight excluding hydrogens is 188 g/mol. The first-order valence-corrected chi connectivity index (χ1v) is 6.33. The van der Waals surface area contributed by atoms with Crippen LogP contribution in [0.4, 0.5) is 4.79 Å². The van der Waals surface area contributed by atoms with Crippen LogP contribution < -0.4 is 10.6 Å². The average molecular weight is 210 g/mol. The molecule has 2 N–H and O–H groups in total. The van der Waals surface area contributed by atoms with Crippen LogP contribution in [0.5, 0.6) is 0 Å². The second kappa shape index (κ2) is 4.86. The molecule has 0 aromatic heterocycles. The van der Waals surface area contributed by atoms with Gasteiger partial charge in [-0.2, -0.15) is 0 Å². The summed E-state index contributed by atoms with van der Waals surface area (Å²) in [4.78, 5) is 11.4. The van der Waals surface area contributed by atoms with Gasteiger partial charge in [0.1, 0.15) is 0 Å². The Balaban J connectivity index is 1.64. The number of rotatable bonds is 6. The fraction of sp³-hybridized carbons (Fsp3) is 0.917. The van der Waals surface area contributed by atoms with Crippen molar-refractivity contribution in [3.63, 3.8) is 0 Å². The Morgan fingerprint density at radius 1 is 1.20 bits per heavy atom. The molecule has 2 rings (SSSR count). The number of amides is 2. The van der Waals surface area contributed by atoms with Crippen LogP contribution in [0.1, 0.15) is 39.0 Å². The predicted molar refractivity (Wildman–Crippen MR) is 60.6 cm³/mol. The summed E-state index contributed by atoms with van der Waals surface area (Å²) in [5, 5.41) is 5.87. The largest absolute Gasteiger partial charge is 0.338 e. The molecule has 2 amide bonds. The van der Waals surface area contributed by atoms with Crippen molar-refractivity contribution in [2.75, 3.05) is 13.1 Å². The molecule has 2 aliphatic carbocycles. The monoisotopic (exact) mass is 210 g/mol. The number of hydrogen-bond acceptors (Lipinski definition) is 1. The van der Waals surface area contributed by atoms with Crippen LogP contribution in [-0.4, -0.2) is 19.1 Å². The van der Waals surface area contributed by atoms with E-state index in [2.05, 4.69) is 17.6 Å². The zero-order valence-corrected chi connectivity index (χ0v) is 9.59. The Hall–Kier alpha value is -0.730. The summed E-state index contributed by atoms with van der Waals surface area (Å²) in [7, 11) is 0. The van der Waals surface area contributed by atoms with Crippen molar-refractivity contribution in [3.05, 3.63) is 0 Å². The molecule has 0 aromatic carbocycles. The van der Waals surface area contributed by atoms with Crippen LogP contribution >= 0.6 is 0 Å². The van der Waals surface area contributed by atoms with E-state index in [1.165, 1.54) is 25.7 Å². The molecule has 0 heterocycles. The van der Waals surface area contributed by atoms with Crippen molar-refractivity contribution < 1.29 is 4.79 Å². The Bertz CT molecular complexity index is 210. The zero-order valence-electron chi connectivity index (χ0n) is 9.59. The van der Waals surface area contributed by atoms with Gasteiger partial charge in [-0.3, -0.25) is 0 Å². The summed E-state index contributed by atoms with van der Waals surface area (Å²) in [6.45, 7) is 3.74. The average Bonchev–Trinajstić information content (AvgIpc) is 3.05. The van der Waals surface area contributed by atoms with Gasteiger partial charge in [0.05, 0.1) is 0 Å². The summed E-state index contributed by atoms with van der Waals surface area (Å²) in [6.07, 6.45) is 6.56. The Labute approximate surface area is 92.0 Å². The van der Waals surface area contributed by atoms with E-state index >= 15 is 0 Å². The van der Waals surface area contributed by atoms with Gasteiger partial charge in [0.2, 0.25) is 0 Å². The molecule has 0 radical (unpaired) electrons. The molecule has 3 heteroatoms. The van der Waals surface area contributed by atoms with E-state index in [0.29, 0.717) is 0 Å². The summed E-state index contributed by atoms with van der Waals surface area (Å²) < 4.78 is 0. The minimum absolute atomic E-state index is 0.0168. The van der Waals surface area contributed by atoms with Crippen molar-refractivity contribution in [3.8, 4) is 0 Å². The lowest BCUT2D eigenvalue weighted by Gasteiger charge is -2.16. The first-order valence-electron chi connectivity index (χ1n) is 6.33. The van der Waals surface area contributed by atoms with E-state index in [1.54, 1.807) is 0 Å². The molecule has 86 valence electrons. The van der Waals surface area contributed by atoms with E-state index < -0.39 is 0 Å². The number of hydrogen-bond donors (Lipinski definition) is 2. The molecule has 0 aromatic rings. The van der Waals surface area contributed by atoms with E-state index in [-0.39, 0.29) is 6.03 Å². The molecule has 2 fully saturated rings. The van der Waals surface area contributed by atoms with Crippen LogP contribution in [0.15, 0.2) is 0 Å². The number of nitrogens with one attached hydrogen (secondary N) is 2. The second-order valence-electron chi connectivity index (χ2n) is 4.98. The fourth-order valence-corrected chi connectivity index (χ4v) is 2.28. The minimum Gasteiger partial charge on any atom is -0.338 e. The van der Waals surface area contributed by atoms with Gasteiger partial charge in [-0.25, -0.2) is 4.79 Å². The lowest BCUT2D eigenvalue weighted by Crippen LogP contribution is -2.39. The van der Waals surface area contributed by atoms with Crippen molar-refractivity contribution in [1.29, 1.82) is 0 Å². The van der Waals surface area contributed by atoms with Crippen LogP contribution in [0.3, 0.4) is 0 Å². The predicted octanol–water partition coefficient (Wildman–Crippen LogP) is 2.13. The topological polar surface area (TPSA) is 41.1 Å². The van der Waals surface area contributed by atoms with Gasteiger partial charge in [-0.15, -0.1) is 0 Å². The van der Waals surface area contributed by atoms with E-state index in [1.807, 2.05) is 0 Å². The molecule has 15 heavy (non-hydrogen) atoms. The maximum Gasteiger partial charge on any atom is 0.314 e. The molecule has 0 atom stereocenters. The van der Waals surface area contributed by atoms with Gasteiger partial charge in [0.25, 0.3) is 0 Å². The van der Waals surface area contributed by atoms with Crippen LogP contribution in [0.25, 0.3) is 0 Å². The summed E-state index contributed by atoms with van der Waals surface area (Å²) in [5.74, 6) is 2.62. The van der Waals surface area contributed by atoms with Gasteiger partial charge in [-0.05, 0) is 49.9 Å². The normalized spacial score (nSPS) is 20.4.